The van der Waals surface area contributed by atoms with E-state index in [4.69, 9.17) is 10.2 Å². The Kier molecular flexibility index (Phi) is 2.10. The number of nitrogens with two attached hydrogens (primary N) is 1. The van der Waals surface area contributed by atoms with Crippen molar-refractivity contribution in [3.05, 3.63) is 41.1 Å². The van der Waals surface area contributed by atoms with Crippen molar-refractivity contribution >= 4 is 21.6 Å². The summed E-state index contributed by atoms with van der Waals surface area (Å²) >= 11 is 3.40. The van der Waals surface area contributed by atoms with Crippen LogP contribution in [0.4, 0.5) is 5.69 Å². The van der Waals surface area contributed by atoms with Crippen LogP contribution in [0.2, 0.25) is 0 Å². The smallest absolute Gasteiger partial charge is 0.148 e. The van der Waals surface area contributed by atoms with Crippen LogP contribution in [0, 0.1) is 0 Å². The molecule has 0 amide bonds. The van der Waals surface area contributed by atoms with Crippen LogP contribution < -0.4 is 5.73 Å². The Balaban J connectivity index is 2.47. The van der Waals surface area contributed by atoms with Crippen LogP contribution >= 0.6 is 15.9 Å². The first-order valence-corrected chi connectivity index (χ1v) is 4.65. The Morgan fingerprint density at radius 1 is 1.08 bits per heavy atom. The molecule has 0 radical (unpaired) electrons. The summed E-state index contributed by atoms with van der Waals surface area (Å²) in [5, 5.41) is 0. The molecule has 0 aliphatic rings. The molecule has 2 N–H and O–H groups in total. The maximum Gasteiger partial charge on any atom is 0.148 e. The van der Waals surface area contributed by atoms with E-state index >= 15 is 0 Å². The van der Waals surface area contributed by atoms with Gasteiger partial charge in [0, 0.05) is 11.3 Å². The van der Waals surface area contributed by atoms with E-state index in [1.54, 1.807) is 6.26 Å². The largest absolute Gasteiger partial charge is 0.463 e. The van der Waals surface area contributed by atoms with E-state index in [-0.39, 0.29) is 0 Å². The predicted molar refractivity (Wildman–Crippen MR) is 56.3 cm³/mol. The molecular formula is C10H8BrNO. The third kappa shape index (κ3) is 1.60. The number of furan rings is 1. The molecule has 2 rings (SSSR count). The molecular weight excluding hydrogens is 230 g/mol. The summed E-state index contributed by atoms with van der Waals surface area (Å²) < 4.78 is 6.26. The van der Waals surface area contributed by atoms with Crippen LogP contribution in [0.1, 0.15) is 0 Å². The van der Waals surface area contributed by atoms with Gasteiger partial charge in [-0.05, 0) is 46.3 Å². The lowest BCUT2D eigenvalue weighted by Gasteiger charge is -1.98. The third-order valence-electron chi connectivity index (χ3n) is 1.79. The SMILES string of the molecule is Nc1ccc(-c2occc2Br)cc1. The molecule has 2 nitrogen and oxygen atoms in total. The van der Waals surface area contributed by atoms with Crippen molar-refractivity contribution in [3.63, 3.8) is 0 Å². The minimum atomic E-state index is 0.756. The van der Waals surface area contributed by atoms with Gasteiger partial charge in [0.25, 0.3) is 0 Å². The van der Waals surface area contributed by atoms with Gasteiger partial charge in [-0.25, -0.2) is 0 Å². The quantitative estimate of drug-likeness (QED) is 0.774. The molecule has 13 heavy (non-hydrogen) atoms. The zero-order chi connectivity index (χ0) is 9.26. The van der Waals surface area contributed by atoms with Crippen LogP contribution in [0.25, 0.3) is 11.3 Å². The van der Waals surface area contributed by atoms with Crippen molar-refractivity contribution in [3.8, 4) is 11.3 Å². The lowest BCUT2D eigenvalue weighted by atomic mass is 10.1. The molecule has 66 valence electrons. The molecule has 0 unspecified atom stereocenters. The van der Waals surface area contributed by atoms with Crippen molar-refractivity contribution in [1.82, 2.24) is 0 Å². The summed E-state index contributed by atoms with van der Waals surface area (Å²) in [4.78, 5) is 0. The van der Waals surface area contributed by atoms with Crippen molar-refractivity contribution in [2.75, 3.05) is 5.73 Å². The van der Waals surface area contributed by atoms with Crippen LogP contribution in [-0.2, 0) is 0 Å². The second-order valence-corrected chi connectivity index (χ2v) is 3.57. The highest BCUT2D eigenvalue weighted by Crippen LogP contribution is 2.29. The van der Waals surface area contributed by atoms with Gasteiger partial charge in [-0.15, -0.1) is 0 Å². The number of nitrogen functional groups attached to an aromatic ring is 1. The lowest BCUT2D eigenvalue weighted by Crippen LogP contribution is -1.83. The van der Waals surface area contributed by atoms with Crippen molar-refractivity contribution in [2.24, 2.45) is 0 Å². The lowest BCUT2D eigenvalue weighted by molar-refractivity contribution is 0.581. The number of benzene rings is 1. The molecule has 1 aromatic carbocycles. The van der Waals surface area contributed by atoms with E-state index in [9.17, 15) is 0 Å². The molecule has 0 fully saturated rings. The second kappa shape index (κ2) is 3.26. The van der Waals surface area contributed by atoms with Gasteiger partial charge in [-0.3, -0.25) is 0 Å². The highest BCUT2D eigenvalue weighted by Gasteiger charge is 2.05. The second-order valence-electron chi connectivity index (χ2n) is 2.72. The Labute approximate surface area is 84.5 Å². The molecule has 0 atom stereocenters. The topological polar surface area (TPSA) is 39.2 Å². The molecule has 1 heterocycles. The first-order chi connectivity index (χ1) is 6.27. The Hall–Kier alpha value is -1.22. The first kappa shape index (κ1) is 8.38. The van der Waals surface area contributed by atoms with Gasteiger partial charge in [-0.2, -0.15) is 0 Å². The van der Waals surface area contributed by atoms with Crippen LogP contribution in [0.3, 0.4) is 0 Å². The van der Waals surface area contributed by atoms with Gasteiger partial charge in [0.05, 0.1) is 10.7 Å². The van der Waals surface area contributed by atoms with E-state index in [0.717, 1.165) is 21.5 Å². The highest BCUT2D eigenvalue weighted by molar-refractivity contribution is 9.10. The van der Waals surface area contributed by atoms with Crippen LogP contribution in [0.5, 0.6) is 0 Å². The molecule has 3 heteroatoms. The summed E-state index contributed by atoms with van der Waals surface area (Å²) in [7, 11) is 0. The van der Waals surface area contributed by atoms with Gasteiger partial charge in [-0.1, -0.05) is 0 Å². The summed E-state index contributed by atoms with van der Waals surface area (Å²) in [6, 6.07) is 9.43. The number of halogens is 1. The standard InChI is InChI=1S/C10H8BrNO/c11-9-5-6-13-10(9)7-1-3-8(12)4-2-7/h1-6H,12H2. The number of hydrogen-bond donors (Lipinski definition) is 1. The average Bonchev–Trinajstić information content (AvgIpc) is 2.53. The molecule has 0 bridgehead atoms. The Morgan fingerprint density at radius 3 is 2.31 bits per heavy atom. The molecule has 0 saturated heterocycles. The molecule has 1 aromatic heterocycles. The Morgan fingerprint density at radius 2 is 1.77 bits per heavy atom. The molecule has 0 aliphatic carbocycles. The summed E-state index contributed by atoms with van der Waals surface area (Å²) in [5.41, 5.74) is 7.35. The maximum atomic E-state index is 5.58. The minimum Gasteiger partial charge on any atom is -0.463 e. The molecule has 0 spiro atoms. The summed E-state index contributed by atoms with van der Waals surface area (Å²) in [6.07, 6.45) is 1.65. The van der Waals surface area contributed by atoms with Gasteiger partial charge >= 0.3 is 0 Å². The zero-order valence-corrected chi connectivity index (χ0v) is 8.41. The van der Waals surface area contributed by atoms with Crippen molar-refractivity contribution in [2.45, 2.75) is 0 Å². The van der Waals surface area contributed by atoms with Crippen LogP contribution in [-0.4, -0.2) is 0 Å². The molecule has 2 aromatic rings. The van der Waals surface area contributed by atoms with Gasteiger partial charge in [0.1, 0.15) is 5.76 Å². The van der Waals surface area contributed by atoms with Crippen molar-refractivity contribution in [1.29, 1.82) is 0 Å². The highest BCUT2D eigenvalue weighted by atomic mass is 79.9. The Bertz CT molecular complexity index is 405. The van der Waals surface area contributed by atoms with E-state index < -0.39 is 0 Å². The van der Waals surface area contributed by atoms with Gasteiger partial charge in [0.15, 0.2) is 0 Å². The maximum absolute atomic E-state index is 5.58. The fraction of sp³-hybridized carbons (Fsp3) is 0. The van der Waals surface area contributed by atoms with E-state index in [2.05, 4.69) is 15.9 Å². The van der Waals surface area contributed by atoms with E-state index in [1.165, 1.54) is 0 Å². The predicted octanol–water partition coefficient (Wildman–Crippen LogP) is 3.29. The van der Waals surface area contributed by atoms with Crippen molar-refractivity contribution < 1.29 is 4.42 Å². The van der Waals surface area contributed by atoms with Crippen LogP contribution in [0.15, 0.2) is 45.5 Å². The van der Waals surface area contributed by atoms with Gasteiger partial charge in [0.2, 0.25) is 0 Å². The molecule has 0 aliphatic heterocycles. The summed E-state index contributed by atoms with van der Waals surface area (Å²) in [6.45, 7) is 0. The number of rotatable bonds is 1. The van der Waals surface area contributed by atoms with E-state index in [0.29, 0.717) is 0 Å². The first-order valence-electron chi connectivity index (χ1n) is 3.86. The van der Waals surface area contributed by atoms with Gasteiger partial charge < -0.3 is 10.2 Å². The third-order valence-corrected chi connectivity index (χ3v) is 2.41. The van der Waals surface area contributed by atoms with E-state index in [1.807, 2.05) is 30.3 Å². The number of hydrogen-bond acceptors (Lipinski definition) is 2. The summed E-state index contributed by atoms with van der Waals surface area (Å²) in [5.74, 6) is 0.833. The molecule has 0 saturated carbocycles. The number of anilines is 1. The monoisotopic (exact) mass is 237 g/mol. The minimum absolute atomic E-state index is 0.756. The fourth-order valence-electron chi connectivity index (χ4n) is 1.13. The zero-order valence-electron chi connectivity index (χ0n) is 6.83. The normalized spacial score (nSPS) is 10.2. The fourth-order valence-corrected chi connectivity index (χ4v) is 1.56. The average molecular weight is 238 g/mol.